The van der Waals surface area contributed by atoms with E-state index in [-0.39, 0.29) is 0 Å². The van der Waals surface area contributed by atoms with Crippen LogP contribution in [0.15, 0.2) is 261 Å². The van der Waals surface area contributed by atoms with Crippen LogP contribution in [0.3, 0.4) is 0 Å². The molecule has 0 unspecified atom stereocenters. The van der Waals surface area contributed by atoms with Gasteiger partial charge in [0.2, 0.25) is 0 Å². The third-order valence-corrected chi connectivity index (χ3v) is 10.0. The van der Waals surface area contributed by atoms with E-state index in [4.69, 9.17) is 0 Å². The highest BCUT2D eigenvalue weighted by atomic mass is 15.2. The summed E-state index contributed by atoms with van der Waals surface area (Å²) in [5, 5.41) is 0. The van der Waals surface area contributed by atoms with Crippen LogP contribution in [0.5, 0.6) is 0 Å². The van der Waals surface area contributed by atoms with Crippen molar-refractivity contribution in [3.05, 3.63) is 261 Å². The molecule has 0 fully saturated rings. The third-order valence-electron chi connectivity index (χ3n) is 10.0. The van der Waals surface area contributed by atoms with E-state index in [0.717, 1.165) is 68.3 Å². The number of benzene rings is 8. The molecule has 0 atom stereocenters. The summed E-state index contributed by atoms with van der Waals surface area (Å²) < 4.78 is 0. The average molecular weight is 763 g/mol. The fourth-order valence-corrected chi connectivity index (χ4v) is 7.31. The quantitative estimate of drug-likeness (QED) is 0.102. The van der Waals surface area contributed by atoms with Crippen molar-refractivity contribution in [3.63, 3.8) is 0 Å². The lowest BCUT2D eigenvalue weighted by molar-refractivity contribution is 1.21. The van der Waals surface area contributed by atoms with Crippen LogP contribution in [0.2, 0.25) is 0 Å². The van der Waals surface area contributed by atoms with E-state index in [1.165, 1.54) is 0 Å². The molecule has 0 radical (unpaired) electrons. The van der Waals surface area contributed by atoms with Crippen LogP contribution in [-0.4, -0.2) is 0 Å². The molecule has 8 aromatic rings. The van der Waals surface area contributed by atoms with Crippen LogP contribution in [0.4, 0.5) is 62.6 Å². The minimum atomic E-state index is 0.868. The first-order chi connectivity index (χ1) is 29.2. The lowest BCUT2D eigenvalue weighted by Crippen LogP contribution is -2.15. The molecule has 286 valence electrons. The normalized spacial score (nSPS) is 11.1. The van der Waals surface area contributed by atoms with Crippen LogP contribution in [0.25, 0.3) is 0 Å². The molecule has 0 heterocycles. The smallest absolute Gasteiger partial charge is 0.0463 e. The summed E-state index contributed by atoms with van der Waals surface area (Å²) in [4.78, 5) is 9.07. The van der Waals surface area contributed by atoms with Crippen molar-refractivity contribution >= 4 is 62.6 Å². The zero-order valence-electron chi connectivity index (χ0n) is 33.2. The fraction of sp³-hybridized carbons (Fsp3) is 0.0182. The standard InChI is InChI=1S/C55H46N4/c1-3-4-10-21-44(2)56(45-22-11-5-12-23-45)50-32-34-53(35-33-50)59(54-40-36-51(37-41-54)57(46-24-13-6-14-25-46)47-26-15-7-16-27-47)55-42-38-52(39-43-55)58(48-28-17-8-18-29-48)49-30-19-9-20-31-49/h3-43H,2H2,1H3/b4-3-,21-10-. The molecule has 0 spiro atoms. The summed E-state index contributed by atoms with van der Waals surface area (Å²) in [6, 6.07) is 78.8. The van der Waals surface area contributed by atoms with Crippen molar-refractivity contribution in [3.8, 4) is 0 Å². The lowest BCUT2D eigenvalue weighted by Gasteiger charge is -2.30. The van der Waals surface area contributed by atoms with Gasteiger partial charge in [0, 0.05) is 68.3 Å². The Morgan fingerprint density at radius 1 is 0.305 bits per heavy atom. The molecule has 0 amide bonds. The van der Waals surface area contributed by atoms with E-state index in [2.05, 4.69) is 245 Å². The van der Waals surface area contributed by atoms with Crippen LogP contribution in [0, 0.1) is 0 Å². The summed E-state index contributed by atoms with van der Waals surface area (Å²) in [6.07, 6.45) is 8.10. The predicted octanol–water partition coefficient (Wildman–Crippen LogP) is 15.9. The van der Waals surface area contributed by atoms with Crippen LogP contribution >= 0.6 is 0 Å². The number of rotatable bonds is 14. The van der Waals surface area contributed by atoms with Crippen molar-refractivity contribution in [1.29, 1.82) is 0 Å². The summed E-state index contributed by atoms with van der Waals surface area (Å²) >= 11 is 0. The highest BCUT2D eigenvalue weighted by Gasteiger charge is 2.19. The van der Waals surface area contributed by atoms with Crippen LogP contribution in [0.1, 0.15) is 6.92 Å². The molecule has 59 heavy (non-hydrogen) atoms. The molecule has 8 rings (SSSR count). The van der Waals surface area contributed by atoms with E-state index in [9.17, 15) is 0 Å². The number of hydrogen-bond acceptors (Lipinski definition) is 4. The first-order valence-electron chi connectivity index (χ1n) is 19.9. The molecule has 0 saturated carbocycles. The molecule has 4 heteroatoms. The van der Waals surface area contributed by atoms with Gasteiger partial charge >= 0.3 is 0 Å². The summed E-state index contributed by atoms with van der Waals surface area (Å²) in [6.45, 7) is 6.46. The van der Waals surface area contributed by atoms with Crippen molar-refractivity contribution in [2.24, 2.45) is 0 Å². The summed E-state index contributed by atoms with van der Waals surface area (Å²) in [7, 11) is 0. The van der Waals surface area contributed by atoms with Gasteiger partial charge in [-0.15, -0.1) is 0 Å². The molecule has 0 aliphatic rings. The van der Waals surface area contributed by atoms with E-state index >= 15 is 0 Å². The molecule has 0 aliphatic heterocycles. The highest BCUT2D eigenvalue weighted by molar-refractivity contribution is 5.84. The maximum absolute atomic E-state index is 4.45. The lowest BCUT2D eigenvalue weighted by atomic mass is 10.1. The number of para-hydroxylation sites is 5. The number of hydrogen-bond donors (Lipinski definition) is 0. The van der Waals surface area contributed by atoms with Crippen molar-refractivity contribution < 1.29 is 0 Å². The molecule has 0 bridgehead atoms. The molecule has 0 N–H and O–H groups in total. The van der Waals surface area contributed by atoms with Gasteiger partial charge in [0.1, 0.15) is 0 Å². The molecule has 0 aliphatic carbocycles. The molecule has 8 aromatic carbocycles. The molecule has 0 saturated heterocycles. The Morgan fingerprint density at radius 3 is 0.797 bits per heavy atom. The average Bonchev–Trinajstić information content (AvgIpc) is 3.30. The Bertz CT molecular complexity index is 2380. The highest BCUT2D eigenvalue weighted by Crippen LogP contribution is 2.42. The van der Waals surface area contributed by atoms with Gasteiger partial charge in [0.25, 0.3) is 0 Å². The fourth-order valence-electron chi connectivity index (χ4n) is 7.31. The van der Waals surface area contributed by atoms with E-state index < -0.39 is 0 Å². The second-order valence-electron chi connectivity index (χ2n) is 13.9. The van der Waals surface area contributed by atoms with Gasteiger partial charge in [0.05, 0.1) is 0 Å². The topological polar surface area (TPSA) is 13.0 Å². The summed E-state index contributed by atoms with van der Waals surface area (Å²) in [5.74, 6) is 0. The monoisotopic (exact) mass is 762 g/mol. The van der Waals surface area contributed by atoms with Crippen molar-refractivity contribution in [1.82, 2.24) is 0 Å². The van der Waals surface area contributed by atoms with Gasteiger partial charge in [0.15, 0.2) is 0 Å². The Hall–Kier alpha value is -7.82. The van der Waals surface area contributed by atoms with Gasteiger partial charge in [-0.1, -0.05) is 116 Å². The second kappa shape index (κ2) is 18.4. The van der Waals surface area contributed by atoms with E-state index in [1.807, 2.05) is 37.3 Å². The molecular weight excluding hydrogens is 717 g/mol. The van der Waals surface area contributed by atoms with Gasteiger partial charge in [-0.2, -0.15) is 0 Å². The summed E-state index contributed by atoms with van der Waals surface area (Å²) in [5.41, 5.74) is 12.6. The van der Waals surface area contributed by atoms with Gasteiger partial charge in [-0.3, -0.25) is 0 Å². The van der Waals surface area contributed by atoms with Crippen LogP contribution in [-0.2, 0) is 0 Å². The number of nitrogens with zero attached hydrogens (tertiary/aromatic N) is 4. The first-order valence-corrected chi connectivity index (χ1v) is 19.9. The first kappa shape index (κ1) is 38.1. The van der Waals surface area contributed by atoms with Gasteiger partial charge in [-0.25, -0.2) is 0 Å². The van der Waals surface area contributed by atoms with Gasteiger partial charge < -0.3 is 19.6 Å². The van der Waals surface area contributed by atoms with Crippen LogP contribution < -0.4 is 19.6 Å². The predicted molar refractivity (Wildman–Crippen MR) is 252 cm³/mol. The number of anilines is 11. The zero-order chi connectivity index (χ0) is 40.2. The van der Waals surface area contributed by atoms with E-state index in [0.29, 0.717) is 0 Å². The minimum absolute atomic E-state index is 0.868. The Morgan fingerprint density at radius 2 is 0.525 bits per heavy atom. The maximum Gasteiger partial charge on any atom is 0.0463 e. The SMILES string of the molecule is C=C(/C=C\C=C/C)N(c1ccccc1)c1ccc(N(c2ccc(N(c3ccccc3)c3ccccc3)cc2)c2ccc(N(c3ccccc3)c3ccccc3)cc2)cc1. The molecule has 0 aromatic heterocycles. The Labute approximate surface area is 348 Å². The van der Waals surface area contributed by atoms with Crippen molar-refractivity contribution in [2.45, 2.75) is 6.92 Å². The minimum Gasteiger partial charge on any atom is -0.311 e. The number of allylic oxidation sites excluding steroid dienone is 4. The third kappa shape index (κ3) is 8.78. The Balaban J connectivity index is 1.20. The maximum atomic E-state index is 4.45. The zero-order valence-corrected chi connectivity index (χ0v) is 33.2. The van der Waals surface area contributed by atoms with Crippen molar-refractivity contribution in [2.75, 3.05) is 19.6 Å². The van der Waals surface area contributed by atoms with E-state index in [1.54, 1.807) is 0 Å². The second-order valence-corrected chi connectivity index (χ2v) is 13.9. The molecular formula is C55H46N4. The Kier molecular flexibility index (Phi) is 11.9. The van der Waals surface area contributed by atoms with Gasteiger partial charge in [-0.05, 0) is 146 Å². The largest absolute Gasteiger partial charge is 0.311 e. The molecule has 4 nitrogen and oxygen atoms in total.